The van der Waals surface area contributed by atoms with Crippen molar-refractivity contribution in [3.63, 3.8) is 0 Å². The van der Waals surface area contributed by atoms with E-state index in [1.54, 1.807) is 18.6 Å². The van der Waals surface area contributed by atoms with Crippen LogP contribution in [0.15, 0.2) is 30.7 Å². The number of amides is 2. The fraction of sp³-hybridized carbons (Fsp3) is 0.643. The van der Waals surface area contributed by atoms with Crippen molar-refractivity contribution in [1.29, 1.82) is 0 Å². The van der Waals surface area contributed by atoms with E-state index < -0.39 is 6.10 Å². The summed E-state index contributed by atoms with van der Waals surface area (Å²) in [6.07, 6.45) is 9.67. The molecule has 0 radical (unpaired) electrons. The monoisotopic (exact) mass is 494 g/mol. The first-order valence-electron chi connectivity index (χ1n) is 13.6. The average molecular weight is 495 g/mol. The van der Waals surface area contributed by atoms with E-state index in [1.165, 1.54) is 6.07 Å². The molecule has 5 atom stereocenters. The zero-order chi connectivity index (χ0) is 24.4. The highest BCUT2D eigenvalue weighted by Crippen LogP contribution is 2.62. The molecule has 0 spiro atoms. The number of ether oxygens (including phenoxy) is 1. The highest BCUT2D eigenvalue weighted by Gasteiger charge is 2.58. The summed E-state index contributed by atoms with van der Waals surface area (Å²) in [6.45, 7) is 2.18. The van der Waals surface area contributed by atoms with Crippen LogP contribution in [-0.4, -0.2) is 52.6 Å². The number of aliphatic hydroxyl groups excluding tert-OH is 1. The number of fused-ring (bicyclic) bond motifs is 3. The normalized spacial score (nSPS) is 36.5. The maximum absolute atomic E-state index is 15.0. The molecule has 2 aliphatic heterocycles. The van der Waals surface area contributed by atoms with Crippen LogP contribution in [0.4, 0.5) is 9.18 Å². The van der Waals surface area contributed by atoms with E-state index in [2.05, 4.69) is 15.6 Å². The van der Waals surface area contributed by atoms with Crippen molar-refractivity contribution in [2.75, 3.05) is 19.8 Å². The second-order valence-electron chi connectivity index (χ2n) is 12.1. The Bertz CT molecular complexity index is 1150. The van der Waals surface area contributed by atoms with Gasteiger partial charge in [-0.25, -0.2) is 14.2 Å². The highest BCUT2D eigenvalue weighted by molar-refractivity contribution is 5.74. The first-order chi connectivity index (χ1) is 17.5. The number of nitrogens with zero attached hydrogens (tertiary/aromatic N) is 2. The number of halogens is 1. The number of hydrogen-bond acceptors (Lipinski definition) is 4. The summed E-state index contributed by atoms with van der Waals surface area (Å²) in [4.78, 5) is 17.0. The van der Waals surface area contributed by atoms with E-state index in [-0.39, 0.29) is 29.3 Å². The molecule has 2 amide bonds. The molecule has 1 saturated heterocycles. The predicted molar refractivity (Wildman–Crippen MR) is 132 cm³/mol. The fourth-order valence-corrected chi connectivity index (χ4v) is 8.61. The van der Waals surface area contributed by atoms with Crippen LogP contribution in [-0.2, 0) is 4.74 Å². The van der Waals surface area contributed by atoms with Crippen LogP contribution in [0.5, 0.6) is 0 Å². The Morgan fingerprint density at radius 1 is 1.28 bits per heavy atom. The van der Waals surface area contributed by atoms with Gasteiger partial charge in [0.25, 0.3) is 0 Å². The van der Waals surface area contributed by atoms with Gasteiger partial charge in [0.15, 0.2) is 0 Å². The lowest BCUT2D eigenvalue weighted by atomic mass is 9.46. The van der Waals surface area contributed by atoms with Gasteiger partial charge in [-0.1, -0.05) is 12.1 Å². The van der Waals surface area contributed by atoms with Crippen LogP contribution in [0.2, 0.25) is 0 Å². The van der Waals surface area contributed by atoms with Crippen molar-refractivity contribution >= 4 is 6.03 Å². The molecule has 7 nitrogen and oxygen atoms in total. The molecule has 1 aromatic carbocycles. The van der Waals surface area contributed by atoms with Gasteiger partial charge >= 0.3 is 6.03 Å². The van der Waals surface area contributed by atoms with E-state index in [0.717, 1.165) is 63.0 Å². The first-order valence-corrected chi connectivity index (χ1v) is 13.6. The molecule has 2 aromatic rings. The molecule has 5 fully saturated rings. The lowest BCUT2D eigenvalue weighted by molar-refractivity contribution is -0.135. The van der Waals surface area contributed by atoms with E-state index in [9.17, 15) is 14.3 Å². The summed E-state index contributed by atoms with van der Waals surface area (Å²) in [7, 11) is 0. The van der Waals surface area contributed by atoms with Crippen LogP contribution in [0, 0.1) is 34.9 Å². The zero-order valence-electron chi connectivity index (χ0n) is 20.5. The Morgan fingerprint density at radius 2 is 2.11 bits per heavy atom. The van der Waals surface area contributed by atoms with Gasteiger partial charge in [0.1, 0.15) is 5.82 Å². The number of rotatable bonds is 6. The Hall–Kier alpha value is -2.45. The van der Waals surface area contributed by atoms with Crippen LogP contribution < -0.4 is 10.6 Å². The molecule has 5 unspecified atom stereocenters. The third-order valence-electron chi connectivity index (χ3n) is 10.0. The lowest BCUT2D eigenvalue weighted by Gasteiger charge is -2.61. The maximum Gasteiger partial charge on any atom is 0.315 e. The Labute approximate surface area is 210 Å². The zero-order valence-corrected chi connectivity index (χ0v) is 20.5. The van der Waals surface area contributed by atoms with Crippen molar-refractivity contribution in [3.8, 4) is 11.3 Å². The van der Waals surface area contributed by atoms with Crippen molar-refractivity contribution in [1.82, 2.24) is 20.2 Å². The molecule has 4 saturated carbocycles. The number of imidazole rings is 1. The largest absolute Gasteiger partial charge is 0.392 e. The summed E-state index contributed by atoms with van der Waals surface area (Å²) >= 11 is 0. The Kier molecular flexibility index (Phi) is 5.40. The summed E-state index contributed by atoms with van der Waals surface area (Å²) in [5.74, 6) is 1.59. The maximum atomic E-state index is 15.0. The molecule has 36 heavy (non-hydrogen) atoms. The van der Waals surface area contributed by atoms with Crippen LogP contribution in [0.3, 0.4) is 0 Å². The third kappa shape index (κ3) is 3.59. The Balaban J connectivity index is 1.06. The summed E-state index contributed by atoms with van der Waals surface area (Å²) in [5, 5.41) is 18.1. The summed E-state index contributed by atoms with van der Waals surface area (Å²) in [5.41, 5.74) is 2.34. The molecule has 8 heteroatoms. The van der Waals surface area contributed by atoms with Gasteiger partial charge in [0.05, 0.1) is 37.0 Å². The average Bonchev–Trinajstić information content (AvgIpc) is 3.60. The minimum atomic E-state index is -0.520. The summed E-state index contributed by atoms with van der Waals surface area (Å²) in [6, 6.07) is 5.08. The molecule has 4 aliphatic carbocycles. The molecular formula is C28H35FN4O3. The standard InChI is InChI=1S/C28H35FN4O3/c29-21-3-1-2-20-23-13-30-15-33(23)22(25(20)21)8-24(34)28-9-17-6-18(10-28)26(19(7-17)11-28)32-27(35)31-12-16-4-5-36-14-16/h1-3,13,15-19,22,24,26,34H,4-12,14H2,(H2,31,32,35). The molecule has 1 aromatic heterocycles. The van der Waals surface area contributed by atoms with Crippen molar-refractivity contribution in [2.24, 2.45) is 29.1 Å². The van der Waals surface area contributed by atoms with Gasteiger partial charge in [-0.3, -0.25) is 0 Å². The lowest BCUT2D eigenvalue weighted by Crippen LogP contribution is -2.62. The topological polar surface area (TPSA) is 88.4 Å². The third-order valence-corrected chi connectivity index (χ3v) is 10.0. The smallest absolute Gasteiger partial charge is 0.315 e. The number of carbonyl (C=O) groups is 1. The number of aromatic nitrogens is 2. The number of nitrogens with one attached hydrogen (secondary N) is 2. The number of aliphatic hydroxyl groups is 1. The summed E-state index contributed by atoms with van der Waals surface area (Å²) < 4.78 is 22.4. The van der Waals surface area contributed by atoms with Crippen LogP contribution in [0.25, 0.3) is 11.3 Å². The van der Waals surface area contributed by atoms with E-state index in [1.807, 2.05) is 10.6 Å². The van der Waals surface area contributed by atoms with Gasteiger partial charge in [-0.2, -0.15) is 0 Å². The second kappa shape index (κ2) is 8.55. The van der Waals surface area contributed by atoms with E-state index in [0.29, 0.717) is 42.2 Å². The molecule has 8 rings (SSSR count). The van der Waals surface area contributed by atoms with E-state index in [4.69, 9.17) is 4.74 Å². The number of hydrogen-bond donors (Lipinski definition) is 3. The van der Waals surface area contributed by atoms with E-state index >= 15 is 0 Å². The number of carbonyl (C=O) groups excluding carboxylic acids is 1. The molecule has 192 valence electrons. The molecular weight excluding hydrogens is 459 g/mol. The van der Waals surface area contributed by atoms with Crippen LogP contribution >= 0.6 is 0 Å². The number of benzene rings is 1. The predicted octanol–water partition coefficient (Wildman–Crippen LogP) is 3.87. The number of urea groups is 1. The van der Waals surface area contributed by atoms with Gasteiger partial charge in [0, 0.05) is 36.2 Å². The van der Waals surface area contributed by atoms with Crippen molar-refractivity contribution < 1.29 is 19.0 Å². The Morgan fingerprint density at radius 3 is 2.89 bits per heavy atom. The first kappa shape index (κ1) is 22.7. The minimum absolute atomic E-state index is 0.0698. The molecule has 4 bridgehead atoms. The van der Waals surface area contributed by atoms with Gasteiger partial charge in [-0.15, -0.1) is 0 Å². The molecule has 3 N–H and O–H groups in total. The molecule has 6 aliphatic rings. The SMILES string of the molecule is O=C(NCC1CCOC1)NC1C2CC3CC1CC(C(O)CC1c4c(F)cccc4-c4cncn41)(C3)C2. The quantitative estimate of drug-likeness (QED) is 0.569. The van der Waals surface area contributed by atoms with Crippen molar-refractivity contribution in [2.45, 2.75) is 63.1 Å². The fourth-order valence-electron chi connectivity index (χ4n) is 8.61. The molecule has 3 heterocycles. The van der Waals surface area contributed by atoms with Gasteiger partial charge in [-0.05, 0) is 74.2 Å². The minimum Gasteiger partial charge on any atom is -0.392 e. The second-order valence-corrected chi connectivity index (χ2v) is 12.1. The van der Waals surface area contributed by atoms with Crippen LogP contribution in [0.1, 0.15) is 56.6 Å². The van der Waals surface area contributed by atoms with Gasteiger partial charge < -0.3 is 25.0 Å². The highest BCUT2D eigenvalue weighted by atomic mass is 19.1. The van der Waals surface area contributed by atoms with Crippen molar-refractivity contribution in [3.05, 3.63) is 42.1 Å². The van der Waals surface area contributed by atoms with Gasteiger partial charge in [0.2, 0.25) is 0 Å².